The van der Waals surface area contributed by atoms with E-state index in [0.29, 0.717) is 22.9 Å². The lowest BCUT2D eigenvalue weighted by molar-refractivity contribution is -0.159. The van der Waals surface area contributed by atoms with Crippen molar-refractivity contribution in [2.45, 2.75) is 39.2 Å². The molecular weight excluding hydrogens is 569 g/mol. The highest BCUT2D eigenvalue weighted by atomic mass is 35.5. The molecule has 3 amide bonds. The smallest absolute Gasteiger partial charge is 0.325 e. The highest BCUT2D eigenvalue weighted by Gasteiger charge is 2.41. The second-order valence-electron chi connectivity index (χ2n) is 9.90. The van der Waals surface area contributed by atoms with E-state index < -0.39 is 17.9 Å². The van der Waals surface area contributed by atoms with Gasteiger partial charge in [-0.05, 0) is 49.9 Å². The molecule has 41 heavy (non-hydrogen) atoms. The summed E-state index contributed by atoms with van der Waals surface area (Å²) in [5, 5.41) is 0.981. The van der Waals surface area contributed by atoms with Crippen LogP contribution in [0, 0.1) is 6.92 Å². The zero-order chi connectivity index (χ0) is 29.9. The number of methoxy groups -OCH3 is 1. The minimum Gasteiger partial charge on any atom is -0.465 e. The molecule has 3 rings (SSSR count). The maximum atomic E-state index is 13.7. The third kappa shape index (κ3) is 9.45. The van der Waals surface area contributed by atoms with Crippen LogP contribution in [-0.2, 0) is 41.5 Å². The molecule has 1 fully saturated rings. The predicted octanol–water partition coefficient (Wildman–Crippen LogP) is 3.55. The van der Waals surface area contributed by atoms with Gasteiger partial charge in [0.15, 0.2) is 0 Å². The Morgan fingerprint density at radius 3 is 2.44 bits per heavy atom. The summed E-state index contributed by atoms with van der Waals surface area (Å²) in [6.45, 7) is 4.39. The van der Waals surface area contributed by atoms with Gasteiger partial charge in [-0.2, -0.15) is 0 Å². The van der Waals surface area contributed by atoms with Crippen LogP contribution in [0.5, 0.6) is 0 Å². The number of rotatable bonds is 14. The first kappa shape index (κ1) is 32.4. The average Bonchev–Trinajstić information content (AvgIpc) is 2.93. The summed E-state index contributed by atoms with van der Waals surface area (Å²) < 4.78 is 10.3. The van der Waals surface area contributed by atoms with Crippen molar-refractivity contribution in [3.63, 3.8) is 0 Å². The Labute approximate surface area is 251 Å². The molecule has 0 spiro atoms. The summed E-state index contributed by atoms with van der Waals surface area (Å²) in [6, 6.07) is 12.0. The van der Waals surface area contributed by atoms with Crippen molar-refractivity contribution in [3.05, 3.63) is 69.2 Å². The van der Waals surface area contributed by atoms with E-state index in [2.05, 4.69) is 0 Å². The molecule has 0 radical (unpaired) electrons. The van der Waals surface area contributed by atoms with Gasteiger partial charge in [0.2, 0.25) is 17.7 Å². The molecule has 1 heterocycles. The van der Waals surface area contributed by atoms with Gasteiger partial charge in [-0.1, -0.05) is 59.1 Å². The molecule has 2 aromatic rings. The quantitative estimate of drug-likeness (QED) is 0.306. The lowest BCUT2D eigenvalue weighted by atomic mass is 10.0. The van der Waals surface area contributed by atoms with E-state index in [4.69, 9.17) is 32.7 Å². The van der Waals surface area contributed by atoms with Crippen LogP contribution >= 0.6 is 23.2 Å². The highest BCUT2D eigenvalue weighted by Crippen LogP contribution is 2.23. The van der Waals surface area contributed by atoms with E-state index in [0.717, 1.165) is 16.7 Å². The van der Waals surface area contributed by atoms with E-state index in [-0.39, 0.29) is 64.2 Å². The van der Waals surface area contributed by atoms with E-state index in [1.165, 1.54) is 21.8 Å². The first-order chi connectivity index (χ1) is 19.6. The van der Waals surface area contributed by atoms with Crippen molar-refractivity contribution in [1.82, 2.24) is 14.7 Å². The number of hydrogen-bond acceptors (Lipinski definition) is 6. The number of nitrogens with zero attached hydrogens (tertiary/aromatic N) is 3. The van der Waals surface area contributed by atoms with Crippen molar-refractivity contribution in [1.29, 1.82) is 0 Å². The van der Waals surface area contributed by atoms with Gasteiger partial charge in [-0.25, -0.2) is 0 Å². The Hall–Kier alpha value is -3.14. The lowest BCUT2D eigenvalue weighted by Crippen LogP contribution is -2.61. The maximum Gasteiger partial charge on any atom is 0.325 e. The normalized spacial score (nSPS) is 15.3. The summed E-state index contributed by atoms with van der Waals surface area (Å²) >= 11 is 12.3. The van der Waals surface area contributed by atoms with Crippen LogP contribution in [-0.4, -0.2) is 97.5 Å². The summed E-state index contributed by atoms with van der Waals surface area (Å²) in [4.78, 5) is 57.1. The molecule has 0 aromatic heterocycles. The van der Waals surface area contributed by atoms with Crippen LogP contribution in [0.3, 0.4) is 0 Å². The molecule has 1 aliphatic rings. The van der Waals surface area contributed by atoms with Gasteiger partial charge in [0.05, 0.1) is 26.2 Å². The zero-order valence-electron chi connectivity index (χ0n) is 23.7. The molecule has 0 bridgehead atoms. The molecule has 0 N–H and O–H groups in total. The molecule has 1 atom stereocenters. The number of esters is 1. The van der Waals surface area contributed by atoms with Crippen molar-refractivity contribution in [3.8, 4) is 0 Å². The number of piperazine rings is 1. The fraction of sp³-hybridized carbons (Fsp3) is 0.467. The van der Waals surface area contributed by atoms with Crippen LogP contribution in [0.2, 0.25) is 10.0 Å². The Morgan fingerprint density at radius 1 is 1.05 bits per heavy atom. The fourth-order valence-electron chi connectivity index (χ4n) is 4.65. The van der Waals surface area contributed by atoms with Gasteiger partial charge in [-0.15, -0.1) is 0 Å². The first-order valence-electron chi connectivity index (χ1n) is 13.6. The number of amides is 3. The van der Waals surface area contributed by atoms with Gasteiger partial charge in [0.1, 0.15) is 12.6 Å². The summed E-state index contributed by atoms with van der Waals surface area (Å²) in [5.41, 5.74) is 2.92. The number of carbonyl (C=O) groups excluding carboxylic acids is 4. The van der Waals surface area contributed by atoms with Crippen molar-refractivity contribution in [2.24, 2.45) is 0 Å². The van der Waals surface area contributed by atoms with Gasteiger partial charge in [0, 0.05) is 36.8 Å². The second kappa shape index (κ2) is 15.7. The first-order valence-corrected chi connectivity index (χ1v) is 14.4. The second-order valence-corrected chi connectivity index (χ2v) is 10.7. The van der Waals surface area contributed by atoms with Crippen LogP contribution in [0.1, 0.15) is 30.0 Å². The number of halogens is 2. The zero-order valence-corrected chi connectivity index (χ0v) is 25.2. The highest BCUT2D eigenvalue weighted by molar-refractivity contribution is 6.35. The largest absolute Gasteiger partial charge is 0.465 e. The van der Waals surface area contributed by atoms with Gasteiger partial charge < -0.3 is 24.2 Å². The molecule has 2 aromatic carbocycles. The van der Waals surface area contributed by atoms with Crippen molar-refractivity contribution >= 4 is 46.9 Å². The van der Waals surface area contributed by atoms with E-state index in [1.54, 1.807) is 25.1 Å². The molecule has 11 heteroatoms. The lowest BCUT2D eigenvalue weighted by Gasteiger charge is -2.40. The molecule has 1 aliphatic heterocycles. The molecular formula is C30H37Cl2N3O6. The number of carbonyl (C=O) groups is 4. The summed E-state index contributed by atoms with van der Waals surface area (Å²) in [6.07, 6.45) is 0.670. The third-order valence-corrected chi connectivity index (χ3v) is 7.55. The van der Waals surface area contributed by atoms with E-state index in [1.807, 2.05) is 31.2 Å². The summed E-state index contributed by atoms with van der Waals surface area (Å²) in [5.74, 6) is -1.57. The van der Waals surface area contributed by atoms with E-state index in [9.17, 15) is 19.2 Å². The third-order valence-electron chi connectivity index (χ3n) is 6.96. The van der Waals surface area contributed by atoms with Gasteiger partial charge >= 0.3 is 5.97 Å². The Bertz CT molecular complexity index is 1220. The molecule has 1 saturated heterocycles. The number of benzene rings is 2. The molecule has 222 valence electrons. The van der Waals surface area contributed by atoms with Crippen molar-refractivity contribution < 1.29 is 28.7 Å². The topological polar surface area (TPSA) is 96.5 Å². The Kier molecular flexibility index (Phi) is 12.4. The van der Waals surface area contributed by atoms with Gasteiger partial charge in [0.25, 0.3) is 0 Å². The maximum absolute atomic E-state index is 13.7. The Morgan fingerprint density at radius 2 is 1.78 bits per heavy atom. The van der Waals surface area contributed by atoms with E-state index >= 15 is 0 Å². The van der Waals surface area contributed by atoms with Crippen molar-refractivity contribution in [2.75, 3.05) is 53.0 Å². The average molecular weight is 607 g/mol. The minimum absolute atomic E-state index is 0.113. The standard InChI is InChI=1S/C30H37Cl2N3O6/c1-4-41-29(38)20-33(13-11-22-7-5-21(2)6-8-22)27(36)18-26-30(39)34(19-28(37)35(26)15-16-40-3)14-12-23-9-10-24(31)17-25(23)32/h5-10,17,26H,4,11-16,18-20H2,1-3H3. The van der Waals surface area contributed by atoms with Crippen LogP contribution in [0.4, 0.5) is 0 Å². The molecule has 9 nitrogen and oxygen atoms in total. The van der Waals surface area contributed by atoms with Gasteiger partial charge in [-0.3, -0.25) is 19.2 Å². The SMILES string of the molecule is CCOC(=O)CN(CCc1ccc(C)cc1)C(=O)CC1C(=O)N(CCc2ccc(Cl)cc2Cl)CC(=O)N1CCOC. The number of hydrogen-bond donors (Lipinski definition) is 0. The van der Waals surface area contributed by atoms with Crippen LogP contribution < -0.4 is 0 Å². The monoisotopic (exact) mass is 605 g/mol. The van der Waals surface area contributed by atoms with Crippen LogP contribution in [0.25, 0.3) is 0 Å². The van der Waals surface area contributed by atoms with Crippen LogP contribution in [0.15, 0.2) is 42.5 Å². The number of aryl methyl sites for hydroxylation is 1. The number of ether oxygens (including phenoxy) is 2. The minimum atomic E-state index is -1.02. The molecule has 0 aliphatic carbocycles. The molecule has 1 unspecified atom stereocenters. The fourth-order valence-corrected chi connectivity index (χ4v) is 5.16. The molecule has 0 saturated carbocycles. The summed E-state index contributed by atoms with van der Waals surface area (Å²) in [7, 11) is 1.50. The predicted molar refractivity (Wildman–Crippen MR) is 157 cm³/mol. The Balaban J connectivity index is 1.77.